The first kappa shape index (κ1) is 13.7. The Labute approximate surface area is 112 Å². The summed E-state index contributed by atoms with van der Waals surface area (Å²) in [5, 5.41) is 9.00. The first-order valence-electron chi connectivity index (χ1n) is 6.61. The molecule has 0 aromatic heterocycles. The quantitative estimate of drug-likeness (QED) is 0.581. The van der Waals surface area contributed by atoms with Crippen molar-refractivity contribution in [3.8, 4) is 0 Å². The molecular weight excluding hydrogens is 250 g/mol. The predicted molar refractivity (Wildman–Crippen MR) is 72.5 cm³/mol. The zero-order valence-corrected chi connectivity index (χ0v) is 11.4. The van der Waals surface area contributed by atoms with Gasteiger partial charge in [0, 0.05) is 49.5 Å². The predicted octanol–water partition coefficient (Wildman–Crippen LogP) is -0.276. The molecule has 1 aliphatic carbocycles. The smallest absolute Gasteiger partial charge is 0.223 e. The Morgan fingerprint density at radius 1 is 1.22 bits per heavy atom. The molecule has 0 bridgehead atoms. The summed E-state index contributed by atoms with van der Waals surface area (Å²) < 4.78 is 0. The third-order valence-corrected chi connectivity index (χ3v) is 4.26. The molecule has 0 spiro atoms. The minimum absolute atomic E-state index is 0.0654. The van der Waals surface area contributed by atoms with Crippen molar-refractivity contribution in [3.05, 3.63) is 0 Å². The number of rotatable bonds is 6. The van der Waals surface area contributed by atoms with Crippen LogP contribution in [-0.2, 0) is 9.59 Å². The molecule has 102 valence electrons. The number of hydrogen-bond donors (Lipinski definition) is 3. The first-order chi connectivity index (χ1) is 8.75. The van der Waals surface area contributed by atoms with Crippen LogP contribution in [0.3, 0.4) is 0 Å². The maximum absolute atomic E-state index is 11.6. The normalized spacial score (nSPS) is 23.4. The molecule has 2 aliphatic rings. The van der Waals surface area contributed by atoms with Gasteiger partial charge in [-0.05, 0) is 12.8 Å². The molecule has 2 amide bonds. The molecule has 0 aromatic rings. The van der Waals surface area contributed by atoms with E-state index < -0.39 is 0 Å². The SMILES string of the molecule is O=C(CC1CSCCN1)NCCNC(=O)C1CC1. The van der Waals surface area contributed by atoms with E-state index in [0.717, 1.165) is 30.9 Å². The Balaban J connectivity index is 1.49. The molecule has 1 aliphatic heterocycles. The Bertz CT molecular complexity index is 302. The number of carbonyl (C=O) groups is 2. The lowest BCUT2D eigenvalue weighted by molar-refractivity contribution is -0.123. The van der Waals surface area contributed by atoms with Crippen LogP contribution in [0.25, 0.3) is 0 Å². The van der Waals surface area contributed by atoms with E-state index in [2.05, 4.69) is 16.0 Å². The van der Waals surface area contributed by atoms with Crippen LogP contribution >= 0.6 is 11.8 Å². The Morgan fingerprint density at radius 2 is 2.00 bits per heavy atom. The summed E-state index contributed by atoms with van der Waals surface area (Å²) in [6.45, 7) is 2.05. The van der Waals surface area contributed by atoms with Crippen LogP contribution in [0.15, 0.2) is 0 Å². The van der Waals surface area contributed by atoms with Crippen molar-refractivity contribution in [2.45, 2.75) is 25.3 Å². The molecule has 18 heavy (non-hydrogen) atoms. The molecule has 1 saturated heterocycles. The minimum Gasteiger partial charge on any atom is -0.354 e. The van der Waals surface area contributed by atoms with Gasteiger partial charge in [-0.1, -0.05) is 0 Å². The summed E-state index contributed by atoms with van der Waals surface area (Å²) in [5.41, 5.74) is 0. The number of amides is 2. The van der Waals surface area contributed by atoms with Crippen molar-refractivity contribution >= 4 is 23.6 Å². The van der Waals surface area contributed by atoms with Gasteiger partial charge in [-0.2, -0.15) is 11.8 Å². The van der Waals surface area contributed by atoms with Crippen molar-refractivity contribution in [1.82, 2.24) is 16.0 Å². The van der Waals surface area contributed by atoms with E-state index in [1.54, 1.807) is 0 Å². The average molecular weight is 271 g/mol. The highest BCUT2D eigenvalue weighted by atomic mass is 32.2. The van der Waals surface area contributed by atoms with Gasteiger partial charge < -0.3 is 16.0 Å². The van der Waals surface area contributed by atoms with Crippen LogP contribution in [-0.4, -0.2) is 49.0 Å². The number of hydrogen-bond acceptors (Lipinski definition) is 4. The second-order valence-corrected chi connectivity index (χ2v) is 6.00. The summed E-state index contributed by atoms with van der Waals surface area (Å²) in [6, 6.07) is 0.296. The van der Waals surface area contributed by atoms with E-state index in [1.807, 2.05) is 11.8 Å². The summed E-state index contributed by atoms with van der Waals surface area (Å²) in [4.78, 5) is 23.0. The summed E-state index contributed by atoms with van der Waals surface area (Å²) in [5.74, 6) is 2.58. The fourth-order valence-electron chi connectivity index (χ4n) is 1.92. The minimum atomic E-state index is 0.0654. The van der Waals surface area contributed by atoms with Crippen LogP contribution in [0.2, 0.25) is 0 Å². The number of thioether (sulfide) groups is 1. The van der Waals surface area contributed by atoms with Crippen molar-refractivity contribution in [2.24, 2.45) is 5.92 Å². The lowest BCUT2D eigenvalue weighted by atomic mass is 10.2. The summed E-state index contributed by atoms with van der Waals surface area (Å²) in [6.07, 6.45) is 2.57. The van der Waals surface area contributed by atoms with Gasteiger partial charge >= 0.3 is 0 Å². The van der Waals surface area contributed by atoms with Gasteiger partial charge in [-0.15, -0.1) is 0 Å². The lowest BCUT2D eigenvalue weighted by Crippen LogP contribution is -2.42. The molecule has 1 atom stereocenters. The average Bonchev–Trinajstić information content (AvgIpc) is 3.20. The molecular formula is C12H21N3O2S. The van der Waals surface area contributed by atoms with E-state index >= 15 is 0 Å². The fraction of sp³-hybridized carbons (Fsp3) is 0.833. The molecule has 3 N–H and O–H groups in total. The Hall–Kier alpha value is -0.750. The van der Waals surface area contributed by atoms with Crippen LogP contribution < -0.4 is 16.0 Å². The van der Waals surface area contributed by atoms with Gasteiger partial charge in [-0.25, -0.2) is 0 Å². The highest BCUT2D eigenvalue weighted by Gasteiger charge is 2.29. The van der Waals surface area contributed by atoms with Crippen LogP contribution in [0.5, 0.6) is 0 Å². The van der Waals surface area contributed by atoms with Gasteiger partial charge in [0.2, 0.25) is 11.8 Å². The standard InChI is InChI=1S/C12H21N3O2S/c16-11(7-10-8-18-6-5-13-10)14-3-4-15-12(17)9-1-2-9/h9-10,13H,1-8H2,(H,14,16)(H,15,17). The molecule has 2 rings (SSSR count). The third-order valence-electron chi connectivity index (χ3n) is 3.12. The van der Waals surface area contributed by atoms with Gasteiger partial charge in [0.1, 0.15) is 0 Å². The third kappa shape index (κ3) is 4.86. The van der Waals surface area contributed by atoms with Gasteiger partial charge in [0.15, 0.2) is 0 Å². The molecule has 2 fully saturated rings. The van der Waals surface area contributed by atoms with Gasteiger partial charge in [0.05, 0.1) is 0 Å². The van der Waals surface area contributed by atoms with E-state index in [1.165, 1.54) is 0 Å². The summed E-state index contributed by atoms with van der Waals surface area (Å²) in [7, 11) is 0. The van der Waals surface area contributed by atoms with E-state index in [9.17, 15) is 9.59 Å². The van der Waals surface area contributed by atoms with Crippen LogP contribution in [0.4, 0.5) is 0 Å². The first-order valence-corrected chi connectivity index (χ1v) is 7.76. The second-order valence-electron chi connectivity index (χ2n) is 4.85. The Morgan fingerprint density at radius 3 is 2.67 bits per heavy atom. The molecule has 0 radical (unpaired) electrons. The molecule has 1 heterocycles. The second kappa shape index (κ2) is 6.99. The monoisotopic (exact) mass is 271 g/mol. The zero-order valence-electron chi connectivity index (χ0n) is 10.5. The van der Waals surface area contributed by atoms with Crippen LogP contribution in [0, 0.1) is 5.92 Å². The largest absolute Gasteiger partial charge is 0.354 e. The maximum Gasteiger partial charge on any atom is 0.223 e. The summed E-state index contributed by atoms with van der Waals surface area (Å²) >= 11 is 1.89. The highest BCUT2D eigenvalue weighted by Crippen LogP contribution is 2.28. The Kier molecular flexibility index (Phi) is 5.31. The highest BCUT2D eigenvalue weighted by molar-refractivity contribution is 7.99. The van der Waals surface area contributed by atoms with E-state index in [0.29, 0.717) is 25.6 Å². The fourth-order valence-corrected chi connectivity index (χ4v) is 2.87. The molecule has 6 heteroatoms. The zero-order chi connectivity index (χ0) is 12.8. The lowest BCUT2D eigenvalue weighted by Gasteiger charge is -2.22. The van der Waals surface area contributed by atoms with Crippen molar-refractivity contribution in [2.75, 3.05) is 31.1 Å². The van der Waals surface area contributed by atoms with Crippen molar-refractivity contribution in [3.63, 3.8) is 0 Å². The van der Waals surface area contributed by atoms with Gasteiger partial charge in [-0.3, -0.25) is 9.59 Å². The van der Waals surface area contributed by atoms with Crippen LogP contribution in [0.1, 0.15) is 19.3 Å². The molecule has 1 saturated carbocycles. The van der Waals surface area contributed by atoms with Gasteiger partial charge in [0.25, 0.3) is 0 Å². The molecule has 0 aromatic carbocycles. The number of nitrogens with one attached hydrogen (secondary N) is 3. The number of carbonyl (C=O) groups excluding carboxylic acids is 2. The molecule has 1 unspecified atom stereocenters. The molecule has 5 nitrogen and oxygen atoms in total. The van der Waals surface area contributed by atoms with Crippen molar-refractivity contribution in [1.29, 1.82) is 0 Å². The van der Waals surface area contributed by atoms with E-state index in [-0.39, 0.29) is 17.7 Å². The van der Waals surface area contributed by atoms with E-state index in [4.69, 9.17) is 0 Å². The maximum atomic E-state index is 11.6. The van der Waals surface area contributed by atoms with Crippen molar-refractivity contribution < 1.29 is 9.59 Å². The topological polar surface area (TPSA) is 70.2 Å².